The van der Waals surface area contributed by atoms with Crippen LogP contribution in [0, 0.1) is 0 Å². The molecule has 2 aromatic rings. The smallest absolute Gasteiger partial charge is 0.133 e. The molecule has 0 spiro atoms. The van der Waals surface area contributed by atoms with E-state index in [9.17, 15) is 0 Å². The molecule has 0 atom stereocenters. The van der Waals surface area contributed by atoms with Gasteiger partial charge in [-0.1, -0.05) is 0 Å². The molecule has 140 valence electrons. The predicted octanol–water partition coefficient (Wildman–Crippen LogP) is 2.15. The van der Waals surface area contributed by atoms with Crippen molar-refractivity contribution in [1.29, 1.82) is 0 Å². The molecule has 2 aliphatic rings. The van der Waals surface area contributed by atoms with Crippen molar-refractivity contribution in [2.24, 2.45) is 0 Å². The third-order valence-corrected chi connectivity index (χ3v) is 5.51. The molecule has 4 rings (SSSR count). The highest BCUT2D eigenvalue weighted by molar-refractivity contribution is 5.47. The maximum Gasteiger partial charge on any atom is 0.133 e. The summed E-state index contributed by atoms with van der Waals surface area (Å²) in [5.74, 6) is 1.86. The Hall–Kier alpha value is -2.15. The van der Waals surface area contributed by atoms with E-state index >= 15 is 0 Å². The van der Waals surface area contributed by atoms with Gasteiger partial charge in [0.1, 0.15) is 18.0 Å². The minimum absolute atomic E-state index is 0.484. The predicted molar refractivity (Wildman–Crippen MR) is 103 cm³/mol. The van der Waals surface area contributed by atoms with Gasteiger partial charge in [0.25, 0.3) is 0 Å². The van der Waals surface area contributed by atoms with Crippen molar-refractivity contribution >= 4 is 11.6 Å². The quantitative estimate of drug-likeness (QED) is 0.887. The molecule has 2 aromatic heterocycles. The maximum atomic E-state index is 4.57. The van der Waals surface area contributed by atoms with Crippen LogP contribution in [0.2, 0.25) is 0 Å². The number of rotatable bonds is 5. The molecule has 1 saturated heterocycles. The Kier molecular flexibility index (Phi) is 5.06. The van der Waals surface area contributed by atoms with Crippen molar-refractivity contribution in [2.75, 3.05) is 37.4 Å². The third kappa shape index (κ3) is 3.82. The van der Waals surface area contributed by atoms with Gasteiger partial charge >= 0.3 is 0 Å². The molecule has 0 amide bonds. The Balaban J connectivity index is 1.30. The van der Waals surface area contributed by atoms with Crippen LogP contribution in [-0.4, -0.2) is 57.9 Å². The minimum atomic E-state index is 0.484. The molecule has 0 bridgehead atoms. The first-order valence-corrected chi connectivity index (χ1v) is 9.71. The zero-order valence-corrected chi connectivity index (χ0v) is 15.9. The summed E-state index contributed by atoms with van der Waals surface area (Å²) in [7, 11) is 4.00. The molecule has 0 radical (unpaired) electrons. The van der Waals surface area contributed by atoms with E-state index in [1.54, 1.807) is 6.33 Å². The Labute approximate surface area is 155 Å². The number of nitrogens with one attached hydrogen (secondary N) is 1. The first-order chi connectivity index (χ1) is 12.7. The maximum absolute atomic E-state index is 4.57. The van der Waals surface area contributed by atoms with Gasteiger partial charge in [0, 0.05) is 63.6 Å². The standard InChI is InChI=1S/C19H29N7/c1-24(2)19-11-18(20-14-21-19)23-16-6-9-25(10-7-16)13-15-12-22-26-8-4-3-5-17(15)26/h11-12,14,16H,3-10,13H2,1-2H3,(H,20,21,23). The van der Waals surface area contributed by atoms with Gasteiger partial charge in [-0.15, -0.1) is 0 Å². The number of aryl methyl sites for hydroxylation is 1. The molecule has 0 aromatic carbocycles. The summed E-state index contributed by atoms with van der Waals surface area (Å²) >= 11 is 0. The lowest BCUT2D eigenvalue weighted by Gasteiger charge is -2.32. The van der Waals surface area contributed by atoms with Crippen molar-refractivity contribution in [3.63, 3.8) is 0 Å². The molecule has 1 N–H and O–H groups in total. The topological polar surface area (TPSA) is 62.1 Å². The zero-order chi connectivity index (χ0) is 17.9. The van der Waals surface area contributed by atoms with E-state index in [0.29, 0.717) is 6.04 Å². The van der Waals surface area contributed by atoms with Crippen molar-refractivity contribution < 1.29 is 0 Å². The van der Waals surface area contributed by atoms with Crippen LogP contribution in [0.4, 0.5) is 11.6 Å². The largest absolute Gasteiger partial charge is 0.367 e. The van der Waals surface area contributed by atoms with Gasteiger partial charge in [-0.2, -0.15) is 5.10 Å². The van der Waals surface area contributed by atoms with Gasteiger partial charge < -0.3 is 10.2 Å². The van der Waals surface area contributed by atoms with E-state index in [-0.39, 0.29) is 0 Å². The highest BCUT2D eigenvalue weighted by Crippen LogP contribution is 2.22. The number of nitrogens with zero attached hydrogens (tertiary/aromatic N) is 6. The monoisotopic (exact) mass is 355 g/mol. The average Bonchev–Trinajstić information content (AvgIpc) is 3.07. The van der Waals surface area contributed by atoms with Crippen LogP contribution in [0.5, 0.6) is 0 Å². The van der Waals surface area contributed by atoms with Gasteiger partial charge in [-0.3, -0.25) is 9.58 Å². The SMILES string of the molecule is CN(C)c1cc(NC2CCN(Cc3cnn4c3CCCC4)CC2)ncn1. The minimum Gasteiger partial charge on any atom is -0.367 e. The molecule has 2 aliphatic heterocycles. The highest BCUT2D eigenvalue weighted by Gasteiger charge is 2.22. The van der Waals surface area contributed by atoms with E-state index in [1.165, 1.54) is 30.5 Å². The van der Waals surface area contributed by atoms with Crippen LogP contribution >= 0.6 is 0 Å². The fraction of sp³-hybridized carbons (Fsp3) is 0.632. The van der Waals surface area contributed by atoms with Gasteiger partial charge in [0.15, 0.2) is 0 Å². The average molecular weight is 355 g/mol. The summed E-state index contributed by atoms with van der Waals surface area (Å²) in [4.78, 5) is 13.2. The molecular formula is C19H29N7. The second kappa shape index (κ2) is 7.61. The number of aromatic nitrogens is 4. The van der Waals surface area contributed by atoms with E-state index < -0.39 is 0 Å². The van der Waals surface area contributed by atoms with Crippen LogP contribution < -0.4 is 10.2 Å². The fourth-order valence-electron chi connectivity index (χ4n) is 3.97. The number of anilines is 2. The first-order valence-electron chi connectivity index (χ1n) is 9.71. The first kappa shape index (κ1) is 17.3. The van der Waals surface area contributed by atoms with E-state index in [1.807, 2.05) is 25.1 Å². The van der Waals surface area contributed by atoms with Crippen molar-refractivity contribution in [1.82, 2.24) is 24.6 Å². The van der Waals surface area contributed by atoms with Crippen LogP contribution in [0.1, 0.15) is 36.9 Å². The Morgan fingerprint density at radius 1 is 1.15 bits per heavy atom. The third-order valence-electron chi connectivity index (χ3n) is 5.51. The van der Waals surface area contributed by atoms with Gasteiger partial charge in [-0.25, -0.2) is 9.97 Å². The van der Waals surface area contributed by atoms with Crippen LogP contribution in [0.15, 0.2) is 18.6 Å². The highest BCUT2D eigenvalue weighted by atomic mass is 15.3. The van der Waals surface area contributed by atoms with Crippen molar-refractivity contribution in [2.45, 2.75) is 51.2 Å². The number of hydrogen-bond acceptors (Lipinski definition) is 6. The lowest BCUT2D eigenvalue weighted by atomic mass is 10.0. The molecule has 1 fully saturated rings. The second-order valence-electron chi connectivity index (χ2n) is 7.65. The van der Waals surface area contributed by atoms with E-state index in [2.05, 4.69) is 36.2 Å². The molecule has 7 nitrogen and oxygen atoms in total. The summed E-state index contributed by atoms with van der Waals surface area (Å²) in [6, 6.07) is 2.50. The number of piperidine rings is 1. The Morgan fingerprint density at radius 3 is 2.81 bits per heavy atom. The van der Waals surface area contributed by atoms with Crippen molar-refractivity contribution in [3.8, 4) is 0 Å². The zero-order valence-electron chi connectivity index (χ0n) is 15.9. The summed E-state index contributed by atoms with van der Waals surface area (Å²) in [6.45, 7) is 4.37. The van der Waals surface area contributed by atoms with Crippen molar-refractivity contribution in [3.05, 3.63) is 29.8 Å². The molecular weight excluding hydrogens is 326 g/mol. The van der Waals surface area contributed by atoms with E-state index in [4.69, 9.17) is 0 Å². The Bertz CT molecular complexity index is 731. The fourth-order valence-corrected chi connectivity index (χ4v) is 3.97. The molecule has 0 saturated carbocycles. The van der Waals surface area contributed by atoms with Gasteiger partial charge in [0.05, 0.1) is 6.20 Å². The lowest BCUT2D eigenvalue weighted by Crippen LogP contribution is -2.39. The second-order valence-corrected chi connectivity index (χ2v) is 7.65. The Morgan fingerprint density at radius 2 is 2.00 bits per heavy atom. The number of likely N-dealkylation sites (tertiary alicyclic amines) is 1. The summed E-state index contributed by atoms with van der Waals surface area (Å²) in [5.41, 5.74) is 2.90. The van der Waals surface area contributed by atoms with Gasteiger partial charge in [0.2, 0.25) is 0 Å². The normalized spacial score (nSPS) is 18.5. The van der Waals surface area contributed by atoms with E-state index in [0.717, 1.165) is 50.7 Å². The molecule has 7 heteroatoms. The number of hydrogen-bond donors (Lipinski definition) is 1. The molecule has 4 heterocycles. The molecule has 0 aliphatic carbocycles. The summed E-state index contributed by atoms with van der Waals surface area (Å²) in [6.07, 6.45) is 9.78. The molecule has 0 unspecified atom stereocenters. The summed E-state index contributed by atoms with van der Waals surface area (Å²) < 4.78 is 2.21. The summed E-state index contributed by atoms with van der Waals surface area (Å²) in [5, 5.41) is 8.16. The van der Waals surface area contributed by atoms with Crippen LogP contribution in [0.25, 0.3) is 0 Å². The van der Waals surface area contributed by atoms with Crippen LogP contribution in [0.3, 0.4) is 0 Å². The van der Waals surface area contributed by atoms with Gasteiger partial charge in [-0.05, 0) is 32.1 Å². The van der Waals surface area contributed by atoms with Crippen LogP contribution in [-0.2, 0) is 19.5 Å². The molecule has 26 heavy (non-hydrogen) atoms. The lowest BCUT2D eigenvalue weighted by molar-refractivity contribution is 0.210. The number of fused-ring (bicyclic) bond motifs is 1.